The van der Waals surface area contributed by atoms with Crippen LogP contribution in [-0.4, -0.2) is 45.7 Å². The van der Waals surface area contributed by atoms with Crippen molar-refractivity contribution in [3.8, 4) is 0 Å². The van der Waals surface area contributed by atoms with E-state index in [1.54, 1.807) is 30.5 Å². The monoisotopic (exact) mass is 423 g/mol. The molecule has 0 unspecified atom stereocenters. The van der Waals surface area contributed by atoms with E-state index < -0.39 is 0 Å². The third-order valence-electron chi connectivity index (χ3n) is 5.13. The number of piperidine rings is 1. The largest absolute Gasteiger partial charge is 0.371 e. The van der Waals surface area contributed by atoms with Gasteiger partial charge in [0.2, 0.25) is 0 Å². The molecule has 4 heterocycles. The molecule has 30 heavy (non-hydrogen) atoms. The lowest BCUT2D eigenvalue weighted by molar-refractivity contribution is 0.102. The second kappa shape index (κ2) is 9.49. The average molecular weight is 424 g/mol. The van der Waals surface area contributed by atoms with Crippen LogP contribution in [0.1, 0.15) is 23.2 Å². The predicted octanol–water partition coefficient (Wildman–Crippen LogP) is 3.50. The van der Waals surface area contributed by atoms with E-state index >= 15 is 0 Å². The van der Waals surface area contributed by atoms with Crippen molar-refractivity contribution in [1.82, 2.24) is 20.2 Å². The molecular formula is C21H22ClN7O. The van der Waals surface area contributed by atoms with Crippen molar-refractivity contribution in [2.75, 3.05) is 35.2 Å². The van der Waals surface area contributed by atoms with Gasteiger partial charge >= 0.3 is 0 Å². The molecule has 1 aliphatic rings. The molecule has 0 aromatic carbocycles. The Balaban J connectivity index is 1.33. The number of anilines is 3. The van der Waals surface area contributed by atoms with Crippen LogP contribution in [0.2, 0.25) is 5.15 Å². The molecule has 0 atom stereocenters. The van der Waals surface area contributed by atoms with E-state index in [4.69, 9.17) is 11.6 Å². The molecule has 2 N–H and O–H groups in total. The van der Waals surface area contributed by atoms with E-state index in [-0.39, 0.29) is 11.1 Å². The third-order valence-corrected chi connectivity index (χ3v) is 5.33. The van der Waals surface area contributed by atoms with Gasteiger partial charge in [0.25, 0.3) is 5.91 Å². The molecule has 8 nitrogen and oxygen atoms in total. The number of aromatic nitrogens is 4. The van der Waals surface area contributed by atoms with E-state index in [1.807, 2.05) is 24.5 Å². The number of hydrogen-bond acceptors (Lipinski definition) is 7. The van der Waals surface area contributed by atoms with Crippen molar-refractivity contribution in [1.29, 1.82) is 0 Å². The Morgan fingerprint density at radius 3 is 2.60 bits per heavy atom. The highest BCUT2D eigenvalue weighted by atomic mass is 35.5. The minimum atomic E-state index is -0.297. The summed E-state index contributed by atoms with van der Waals surface area (Å²) in [6, 6.07) is 10.7. The number of amides is 1. The first-order chi connectivity index (χ1) is 14.7. The highest BCUT2D eigenvalue weighted by Crippen LogP contribution is 2.23. The lowest BCUT2D eigenvalue weighted by atomic mass is 9.96. The van der Waals surface area contributed by atoms with Crippen LogP contribution >= 0.6 is 11.6 Å². The summed E-state index contributed by atoms with van der Waals surface area (Å²) in [7, 11) is 0. The average Bonchev–Trinajstić information content (AvgIpc) is 2.80. The third kappa shape index (κ3) is 5.01. The molecule has 0 spiro atoms. The highest BCUT2D eigenvalue weighted by molar-refractivity contribution is 6.29. The first-order valence-electron chi connectivity index (χ1n) is 9.83. The van der Waals surface area contributed by atoms with Gasteiger partial charge in [-0.15, -0.1) is 10.2 Å². The summed E-state index contributed by atoms with van der Waals surface area (Å²) in [5, 5.41) is 13.9. The smallest absolute Gasteiger partial charge is 0.260 e. The van der Waals surface area contributed by atoms with Gasteiger partial charge in [0.15, 0.2) is 11.0 Å². The van der Waals surface area contributed by atoms with E-state index in [0.717, 1.165) is 32.5 Å². The minimum absolute atomic E-state index is 0.270. The summed E-state index contributed by atoms with van der Waals surface area (Å²) in [5.41, 5.74) is 1.67. The lowest BCUT2D eigenvalue weighted by Crippen LogP contribution is -2.36. The van der Waals surface area contributed by atoms with Crippen molar-refractivity contribution in [3.63, 3.8) is 0 Å². The van der Waals surface area contributed by atoms with Crippen molar-refractivity contribution in [2.24, 2.45) is 5.92 Å². The lowest BCUT2D eigenvalue weighted by Gasteiger charge is -2.33. The fraction of sp³-hybridized carbons (Fsp3) is 0.286. The summed E-state index contributed by atoms with van der Waals surface area (Å²) >= 11 is 5.74. The van der Waals surface area contributed by atoms with Gasteiger partial charge in [-0.3, -0.25) is 9.78 Å². The summed E-state index contributed by atoms with van der Waals surface area (Å²) in [6.45, 7) is 2.77. The SMILES string of the molecule is O=C(Nc1ccc(Cl)nn1)c1cccnc1NCC1CCN(c2ccncc2)CC1. The highest BCUT2D eigenvalue weighted by Gasteiger charge is 2.20. The molecule has 4 rings (SSSR count). The molecule has 1 amide bonds. The molecule has 3 aromatic heterocycles. The summed E-state index contributed by atoms with van der Waals surface area (Å²) in [4.78, 5) is 23.5. The van der Waals surface area contributed by atoms with Crippen molar-refractivity contribution in [2.45, 2.75) is 12.8 Å². The van der Waals surface area contributed by atoms with Crippen LogP contribution in [0, 0.1) is 5.92 Å². The van der Waals surface area contributed by atoms with Gasteiger partial charge < -0.3 is 15.5 Å². The van der Waals surface area contributed by atoms with Crippen LogP contribution in [-0.2, 0) is 0 Å². The molecule has 9 heteroatoms. The van der Waals surface area contributed by atoms with Gasteiger partial charge in [0, 0.05) is 43.9 Å². The number of carbonyl (C=O) groups excluding carboxylic acids is 1. The number of halogens is 1. The fourth-order valence-electron chi connectivity index (χ4n) is 3.49. The number of nitrogens with one attached hydrogen (secondary N) is 2. The van der Waals surface area contributed by atoms with E-state index in [2.05, 4.69) is 35.7 Å². The van der Waals surface area contributed by atoms with Gasteiger partial charge in [0.05, 0.1) is 5.56 Å². The molecule has 0 radical (unpaired) electrons. The molecule has 1 saturated heterocycles. The zero-order chi connectivity index (χ0) is 20.8. The Labute approximate surface area is 179 Å². The van der Waals surface area contributed by atoms with E-state index in [0.29, 0.717) is 23.1 Å². The summed E-state index contributed by atoms with van der Waals surface area (Å²) < 4.78 is 0. The molecule has 1 aliphatic heterocycles. The number of hydrogen-bond donors (Lipinski definition) is 2. The maximum absolute atomic E-state index is 12.7. The van der Waals surface area contributed by atoms with Crippen molar-refractivity contribution >= 4 is 34.8 Å². The Bertz CT molecular complexity index is 976. The van der Waals surface area contributed by atoms with Crippen LogP contribution in [0.5, 0.6) is 0 Å². The van der Waals surface area contributed by atoms with Gasteiger partial charge in [-0.05, 0) is 55.2 Å². The molecule has 0 saturated carbocycles. The first-order valence-corrected chi connectivity index (χ1v) is 10.2. The molecular weight excluding hydrogens is 402 g/mol. The van der Waals surface area contributed by atoms with Crippen LogP contribution in [0.3, 0.4) is 0 Å². The Kier molecular flexibility index (Phi) is 6.34. The van der Waals surface area contributed by atoms with Crippen molar-refractivity contribution < 1.29 is 4.79 Å². The van der Waals surface area contributed by atoms with Gasteiger partial charge in [-0.2, -0.15) is 0 Å². The standard InChI is InChI=1S/C21H22ClN7O/c22-18-3-4-19(28-27-18)26-21(30)17-2-1-9-24-20(17)25-14-15-7-12-29(13-8-15)16-5-10-23-11-6-16/h1-6,9-11,15H,7-8,12-14H2,(H,24,25)(H,26,28,30). The normalized spacial score (nSPS) is 14.4. The zero-order valence-corrected chi connectivity index (χ0v) is 17.1. The molecule has 3 aromatic rings. The van der Waals surface area contributed by atoms with Crippen LogP contribution in [0.4, 0.5) is 17.3 Å². The number of rotatable bonds is 6. The zero-order valence-electron chi connectivity index (χ0n) is 16.3. The number of nitrogens with zero attached hydrogens (tertiary/aromatic N) is 5. The number of pyridine rings is 2. The maximum atomic E-state index is 12.7. The molecule has 154 valence electrons. The van der Waals surface area contributed by atoms with Crippen molar-refractivity contribution in [3.05, 3.63) is 65.7 Å². The quantitative estimate of drug-likeness (QED) is 0.626. The van der Waals surface area contributed by atoms with E-state index in [9.17, 15) is 4.79 Å². The fourth-order valence-corrected chi connectivity index (χ4v) is 3.59. The first kappa shape index (κ1) is 20.0. The van der Waals surface area contributed by atoms with Gasteiger partial charge in [-0.25, -0.2) is 4.98 Å². The Morgan fingerprint density at radius 2 is 1.87 bits per heavy atom. The Hall–Kier alpha value is -3.26. The maximum Gasteiger partial charge on any atom is 0.260 e. The second-order valence-corrected chi connectivity index (χ2v) is 7.50. The van der Waals surface area contributed by atoms with Gasteiger partial charge in [0.1, 0.15) is 5.82 Å². The summed E-state index contributed by atoms with van der Waals surface area (Å²) in [6.07, 6.45) is 7.47. The minimum Gasteiger partial charge on any atom is -0.371 e. The van der Waals surface area contributed by atoms with Crippen LogP contribution in [0.25, 0.3) is 0 Å². The van der Waals surface area contributed by atoms with Crippen LogP contribution in [0.15, 0.2) is 55.0 Å². The molecule has 1 fully saturated rings. The van der Waals surface area contributed by atoms with E-state index in [1.165, 1.54) is 5.69 Å². The topological polar surface area (TPSA) is 95.9 Å². The second-order valence-electron chi connectivity index (χ2n) is 7.11. The predicted molar refractivity (Wildman–Crippen MR) is 117 cm³/mol. The molecule has 0 bridgehead atoms. The molecule has 0 aliphatic carbocycles. The summed E-state index contributed by atoms with van der Waals surface area (Å²) in [5.74, 6) is 1.12. The Morgan fingerprint density at radius 1 is 1.07 bits per heavy atom. The van der Waals surface area contributed by atoms with Crippen LogP contribution < -0.4 is 15.5 Å². The van der Waals surface area contributed by atoms with Gasteiger partial charge in [-0.1, -0.05) is 11.6 Å². The number of carbonyl (C=O) groups is 1.